The van der Waals surface area contributed by atoms with E-state index in [1.165, 1.54) is 6.92 Å². The van der Waals surface area contributed by atoms with Crippen molar-refractivity contribution >= 4 is 21.4 Å². The molecule has 0 unspecified atom stereocenters. The van der Waals surface area contributed by atoms with Crippen LogP contribution < -0.4 is 0 Å². The number of rotatable bonds is 3. The lowest BCUT2D eigenvalue weighted by molar-refractivity contribution is 0.592. The molecule has 1 aromatic rings. The molecule has 0 heterocycles. The quantitative estimate of drug-likeness (QED) is 0.856. The van der Waals surface area contributed by atoms with Crippen LogP contribution in [0, 0.1) is 28.1 Å². The number of nitriles is 2. The first-order valence-corrected chi connectivity index (χ1v) is 7.82. The van der Waals surface area contributed by atoms with Crippen molar-refractivity contribution in [1.82, 2.24) is 0 Å². The maximum Gasteiger partial charge on any atom is 0.169 e. The fraction of sp³-hybridized carbons (Fsp3) is 0.385. The molecule has 1 fully saturated rings. The minimum atomic E-state index is -3.46. The molecule has 98 valence electrons. The van der Waals surface area contributed by atoms with Crippen LogP contribution >= 0.6 is 11.6 Å². The van der Waals surface area contributed by atoms with Gasteiger partial charge in [-0.1, -0.05) is 30.7 Å². The predicted molar refractivity (Wildman–Crippen MR) is 71.1 cm³/mol. The molecule has 6 heteroatoms. The Bertz CT molecular complexity index is 686. The van der Waals surface area contributed by atoms with Gasteiger partial charge in [-0.2, -0.15) is 10.5 Å². The third kappa shape index (κ3) is 2.00. The van der Waals surface area contributed by atoms with Crippen molar-refractivity contribution in [2.75, 3.05) is 5.75 Å². The van der Waals surface area contributed by atoms with Gasteiger partial charge in [0.05, 0.1) is 12.1 Å². The first-order valence-electron chi connectivity index (χ1n) is 5.72. The Labute approximate surface area is 117 Å². The van der Waals surface area contributed by atoms with Crippen LogP contribution in [0.4, 0.5) is 0 Å². The minimum Gasteiger partial charge on any atom is -0.228 e. The van der Waals surface area contributed by atoms with Gasteiger partial charge in [0.1, 0.15) is 5.25 Å². The summed E-state index contributed by atoms with van der Waals surface area (Å²) < 4.78 is 24.1. The number of halogens is 1. The maximum atomic E-state index is 12.0. The summed E-state index contributed by atoms with van der Waals surface area (Å²) in [5.74, 6) is -0.703. The van der Waals surface area contributed by atoms with E-state index in [1.54, 1.807) is 24.3 Å². The second-order valence-corrected chi connectivity index (χ2v) is 7.34. The first-order chi connectivity index (χ1) is 8.93. The van der Waals surface area contributed by atoms with Crippen molar-refractivity contribution in [2.45, 2.75) is 18.1 Å². The Morgan fingerprint density at radius 1 is 1.37 bits per heavy atom. The number of benzene rings is 1. The molecule has 0 saturated heterocycles. The lowest BCUT2D eigenvalue weighted by Crippen LogP contribution is -2.15. The van der Waals surface area contributed by atoms with Crippen LogP contribution in [0.2, 0.25) is 5.02 Å². The molecular weight excluding hydrogens is 284 g/mol. The van der Waals surface area contributed by atoms with Gasteiger partial charge in [0.2, 0.25) is 0 Å². The first kappa shape index (κ1) is 13.9. The largest absolute Gasteiger partial charge is 0.228 e. The fourth-order valence-electron chi connectivity index (χ4n) is 2.46. The Balaban J connectivity index is 2.53. The van der Waals surface area contributed by atoms with Gasteiger partial charge in [-0.25, -0.2) is 8.42 Å². The number of hydrogen-bond acceptors (Lipinski definition) is 4. The molecule has 2 rings (SSSR count). The number of sulfone groups is 1. The third-order valence-corrected chi connectivity index (χ3v) is 5.96. The molecule has 19 heavy (non-hydrogen) atoms. The topological polar surface area (TPSA) is 81.7 Å². The standard InChI is InChI=1S/C13H11ClN2O2S/c1-2-19(17,18)12-11(13(12,7-15)8-16)9-4-3-5-10(14)6-9/h3-6,11-12H,2H2,1H3/t11-,12-/m1/s1. The summed E-state index contributed by atoms with van der Waals surface area (Å²) in [5, 5.41) is 17.9. The van der Waals surface area contributed by atoms with Gasteiger partial charge in [-0.3, -0.25) is 0 Å². The highest BCUT2D eigenvalue weighted by Crippen LogP contribution is 2.62. The van der Waals surface area contributed by atoms with Crippen molar-refractivity contribution in [3.8, 4) is 12.1 Å². The molecule has 1 saturated carbocycles. The molecule has 1 aliphatic rings. The average molecular weight is 295 g/mol. The van der Waals surface area contributed by atoms with Crippen LogP contribution in [0.15, 0.2) is 24.3 Å². The third-order valence-electron chi connectivity index (χ3n) is 3.50. The van der Waals surface area contributed by atoms with Crippen molar-refractivity contribution in [3.63, 3.8) is 0 Å². The Kier molecular flexibility index (Phi) is 3.30. The fourth-order valence-corrected chi connectivity index (χ4v) is 4.54. The lowest BCUT2D eigenvalue weighted by Gasteiger charge is -2.00. The molecule has 4 nitrogen and oxygen atoms in total. The van der Waals surface area contributed by atoms with Gasteiger partial charge in [0.15, 0.2) is 15.3 Å². The highest BCUT2D eigenvalue weighted by molar-refractivity contribution is 7.92. The zero-order chi connectivity index (χ0) is 14.3. The normalized spacial score (nSPS) is 24.2. The molecule has 0 aliphatic heterocycles. The monoisotopic (exact) mass is 294 g/mol. The van der Waals surface area contributed by atoms with E-state index in [9.17, 15) is 18.9 Å². The van der Waals surface area contributed by atoms with E-state index in [0.29, 0.717) is 10.6 Å². The SMILES string of the molecule is CCS(=O)(=O)[C@@H]1[C@@H](c2cccc(Cl)c2)C1(C#N)C#N. The van der Waals surface area contributed by atoms with E-state index >= 15 is 0 Å². The summed E-state index contributed by atoms with van der Waals surface area (Å²) in [6.07, 6.45) is 0. The van der Waals surface area contributed by atoms with Crippen LogP contribution in [0.25, 0.3) is 0 Å². The second kappa shape index (κ2) is 4.52. The highest BCUT2D eigenvalue weighted by Gasteiger charge is 2.72. The van der Waals surface area contributed by atoms with Gasteiger partial charge in [-0.15, -0.1) is 0 Å². The minimum absolute atomic E-state index is 0.0835. The van der Waals surface area contributed by atoms with Crippen LogP contribution in [0.3, 0.4) is 0 Å². The molecule has 2 atom stereocenters. The maximum absolute atomic E-state index is 12.0. The Morgan fingerprint density at radius 2 is 2.00 bits per heavy atom. The molecule has 0 radical (unpaired) electrons. The van der Waals surface area contributed by atoms with Gasteiger partial charge in [-0.05, 0) is 17.7 Å². The number of hydrogen-bond donors (Lipinski definition) is 0. The van der Waals surface area contributed by atoms with Crippen molar-refractivity contribution in [3.05, 3.63) is 34.9 Å². The van der Waals surface area contributed by atoms with Gasteiger partial charge < -0.3 is 0 Å². The van der Waals surface area contributed by atoms with E-state index in [4.69, 9.17) is 11.6 Å². The smallest absolute Gasteiger partial charge is 0.169 e. The Hall–Kier alpha value is -1.56. The van der Waals surface area contributed by atoms with E-state index in [1.807, 2.05) is 12.1 Å². The van der Waals surface area contributed by atoms with Crippen LogP contribution in [-0.2, 0) is 9.84 Å². The van der Waals surface area contributed by atoms with E-state index in [-0.39, 0.29) is 5.75 Å². The molecule has 0 N–H and O–H groups in total. The molecule has 0 spiro atoms. The summed E-state index contributed by atoms with van der Waals surface area (Å²) in [7, 11) is -3.46. The molecule has 0 bridgehead atoms. The highest BCUT2D eigenvalue weighted by atomic mass is 35.5. The summed E-state index contributed by atoms with van der Waals surface area (Å²) >= 11 is 5.88. The van der Waals surface area contributed by atoms with Crippen LogP contribution in [-0.4, -0.2) is 19.4 Å². The van der Waals surface area contributed by atoms with Crippen LogP contribution in [0.1, 0.15) is 18.4 Å². The molecule has 0 amide bonds. The van der Waals surface area contributed by atoms with Crippen molar-refractivity contribution < 1.29 is 8.42 Å². The average Bonchev–Trinajstić information content (AvgIpc) is 3.09. The van der Waals surface area contributed by atoms with Gasteiger partial charge in [0, 0.05) is 16.7 Å². The lowest BCUT2D eigenvalue weighted by atomic mass is 10.0. The summed E-state index contributed by atoms with van der Waals surface area (Å²) in [4.78, 5) is 0. The van der Waals surface area contributed by atoms with Gasteiger partial charge in [0.25, 0.3) is 0 Å². The molecule has 1 aliphatic carbocycles. The van der Waals surface area contributed by atoms with Gasteiger partial charge >= 0.3 is 0 Å². The number of nitrogens with zero attached hydrogens (tertiary/aromatic N) is 2. The van der Waals surface area contributed by atoms with Crippen molar-refractivity contribution in [1.29, 1.82) is 10.5 Å². The summed E-state index contributed by atoms with van der Waals surface area (Å²) in [6.45, 7) is 1.52. The summed E-state index contributed by atoms with van der Waals surface area (Å²) in [6, 6.07) is 10.4. The van der Waals surface area contributed by atoms with Crippen molar-refractivity contribution in [2.24, 2.45) is 5.41 Å². The zero-order valence-corrected chi connectivity index (χ0v) is 11.7. The molecule has 0 aromatic heterocycles. The van der Waals surface area contributed by atoms with E-state index < -0.39 is 26.4 Å². The Morgan fingerprint density at radius 3 is 2.47 bits per heavy atom. The predicted octanol–water partition coefficient (Wildman–Crippen LogP) is 2.27. The zero-order valence-electron chi connectivity index (χ0n) is 10.2. The van der Waals surface area contributed by atoms with Crippen LogP contribution in [0.5, 0.6) is 0 Å². The van der Waals surface area contributed by atoms with E-state index in [2.05, 4.69) is 0 Å². The molecule has 1 aromatic carbocycles. The second-order valence-electron chi connectivity index (χ2n) is 4.50. The summed E-state index contributed by atoms with van der Waals surface area (Å²) in [5.41, 5.74) is -0.864. The van der Waals surface area contributed by atoms with E-state index in [0.717, 1.165) is 0 Å². The molecular formula is C13H11ClN2O2S.